The smallest absolute Gasteiger partial charge is 0.160 e. The average Bonchev–Trinajstić information content (AvgIpc) is 1.54. The van der Waals surface area contributed by atoms with Crippen LogP contribution in [-0.4, -0.2) is 42.8 Å². The van der Waals surface area contributed by atoms with Gasteiger partial charge in [0.05, 0.1) is 136 Å². The summed E-state index contributed by atoms with van der Waals surface area (Å²) in [6.07, 6.45) is 0. The van der Waals surface area contributed by atoms with Gasteiger partial charge in [0.2, 0.25) is 0 Å². The Morgan fingerprint density at radius 3 is 0.717 bits per heavy atom. The van der Waals surface area contributed by atoms with Crippen molar-refractivity contribution >= 4 is 109 Å². The molecule has 13 heteroatoms. The van der Waals surface area contributed by atoms with Crippen LogP contribution in [0.1, 0.15) is 22.3 Å². The van der Waals surface area contributed by atoms with Crippen LogP contribution in [0.2, 0.25) is 0 Å². The van der Waals surface area contributed by atoms with Crippen molar-refractivity contribution in [3.05, 3.63) is 489 Å². The second-order valence-corrected chi connectivity index (χ2v) is 36.7. The normalized spacial score (nSPS) is 11.6. The van der Waals surface area contributed by atoms with Crippen molar-refractivity contribution in [2.75, 3.05) is 0 Å². The van der Waals surface area contributed by atoms with Crippen LogP contribution in [0.25, 0.3) is 261 Å². The summed E-state index contributed by atoms with van der Waals surface area (Å²) in [5.74, 6) is 1.09. The molecule has 0 fully saturated rings. The first-order chi connectivity index (χ1) is 71.7. The lowest BCUT2D eigenvalue weighted by molar-refractivity contribution is 1.16. The third-order valence-corrected chi connectivity index (χ3v) is 28.7. The first kappa shape index (κ1) is 83.9. The maximum atomic E-state index is 11.5. The third kappa shape index (κ3) is 13.8. The van der Waals surface area contributed by atoms with Crippen LogP contribution >= 0.6 is 0 Å². The zero-order valence-electron chi connectivity index (χ0n) is 77.8. The Labute approximate surface area is 832 Å². The van der Waals surface area contributed by atoms with Gasteiger partial charge in [0.1, 0.15) is 0 Å². The summed E-state index contributed by atoms with van der Waals surface area (Å²) in [5, 5.41) is 56.6. The third-order valence-electron chi connectivity index (χ3n) is 28.7. The SMILES string of the molecule is N#Cc1ccccc1-c1cc(-c2cc(-c3ccccc3)nc(-c3ccccc3)n2)cc(-c2ccccc2C#N)c1-n1c2ccc(-c3ccc4c5ccccc5n(-c5ccc6c(c5)c5cc(-n7c8ccccc8c8ccccc87)ccc5n6-c5c(-c6ccccc6C#N)cc(-c6cc(-c7ccccc7)nc(-c7ccccc7)n6)cc5-c5ccccc5C#N)c4c3)cc2c2cc(-n3c4ccccc4c4ccccc43)ccc21. The molecule has 0 aliphatic heterocycles. The highest BCUT2D eigenvalue weighted by molar-refractivity contribution is 6.18. The zero-order chi connectivity index (χ0) is 96.4. The average molecular weight is 1850 g/mol. The van der Waals surface area contributed by atoms with Gasteiger partial charge in [0.15, 0.2) is 11.6 Å². The van der Waals surface area contributed by atoms with Gasteiger partial charge in [0.25, 0.3) is 0 Å². The van der Waals surface area contributed by atoms with Gasteiger partial charge >= 0.3 is 0 Å². The van der Waals surface area contributed by atoms with Gasteiger partial charge < -0.3 is 22.8 Å². The van der Waals surface area contributed by atoms with Crippen molar-refractivity contribution < 1.29 is 0 Å². The molecule has 0 radical (unpaired) electrons. The molecule has 0 spiro atoms. The second-order valence-electron chi connectivity index (χ2n) is 36.7. The van der Waals surface area contributed by atoms with Gasteiger partial charge in [-0.3, -0.25) is 0 Å². The van der Waals surface area contributed by atoms with Crippen LogP contribution in [0.5, 0.6) is 0 Å². The van der Waals surface area contributed by atoms with Crippen molar-refractivity contribution in [3.63, 3.8) is 0 Å². The summed E-state index contributed by atoms with van der Waals surface area (Å²) in [7, 11) is 0. The van der Waals surface area contributed by atoms with Gasteiger partial charge in [0, 0.05) is 149 Å². The van der Waals surface area contributed by atoms with E-state index in [1.54, 1.807) is 0 Å². The molecule has 145 heavy (non-hydrogen) atoms. The molecule has 0 atom stereocenters. The van der Waals surface area contributed by atoms with Crippen molar-refractivity contribution in [2.45, 2.75) is 0 Å². The highest BCUT2D eigenvalue weighted by Crippen LogP contribution is 2.52. The molecular formula is C132H77N13. The summed E-state index contributed by atoms with van der Waals surface area (Å²) >= 11 is 0. The van der Waals surface area contributed by atoms with E-state index in [4.69, 9.17) is 19.9 Å². The van der Waals surface area contributed by atoms with Crippen molar-refractivity contribution in [3.8, 4) is 176 Å². The molecule has 20 aromatic carbocycles. The van der Waals surface area contributed by atoms with E-state index in [2.05, 4.69) is 308 Å². The second kappa shape index (κ2) is 34.3. The summed E-state index contributed by atoms with van der Waals surface area (Å²) in [4.78, 5) is 21.4. The van der Waals surface area contributed by atoms with Gasteiger partial charge in [-0.15, -0.1) is 0 Å². The zero-order valence-corrected chi connectivity index (χ0v) is 77.8. The van der Waals surface area contributed by atoms with Crippen LogP contribution in [0.4, 0.5) is 0 Å². The fourth-order valence-corrected chi connectivity index (χ4v) is 22.2. The topological polar surface area (TPSA) is 171 Å². The van der Waals surface area contributed by atoms with Gasteiger partial charge in [-0.1, -0.05) is 303 Å². The maximum Gasteiger partial charge on any atom is 0.160 e. The van der Waals surface area contributed by atoms with E-state index < -0.39 is 0 Å². The van der Waals surface area contributed by atoms with E-state index in [0.717, 1.165) is 216 Å². The lowest BCUT2D eigenvalue weighted by Gasteiger charge is -2.22. The molecule has 0 saturated heterocycles. The van der Waals surface area contributed by atoms with Gasteiger partial charge in [-0.05, 0) is 175 Å². The summed E-state index contributed by atoms with van der Waals surface area (Å²) in [6, 6.07) is 172. The quantitative estimate of drug-likeness (QED) is 0.0920. The number of fused-ring (bicyclic) bond motifs is 15. The van der Waals surface area contributed by atoms with Crippen molar-refractivity contribution in [2.24, 2.45) is 0 Å². The van der Waals surface area contributed by atoms with Crippen LogP contribution in [0.3, 0.4) is 0 Å². The van der Waals surface area contributed by atoms with E-state index in [1.165, 1.54) is 0 Å². The van der Waals surface area contributed by atoms with Crippen LogP contribution in [0.15, 0.2) is 467 Å². The van der Waals surface area contributed by atoms with Crippen LogP contribution in [-0.2, 0) is 0 Å². The maximum absolute atomic E-state index is 11.5. The van der Waals surface area contributed by atoms with Gasteiger partial charge in [-0.25, -0.2) is 19.9 Å². The Bertz CT molecular complexity index is 9900. The minimum atomic E-state index is 0.469. The molecule has 0 saturated carbocycles. The Hall–Kier alpha value is -20.5. The number of hydrogen-bond acceptors (Lipinski definition) is 8. The number of nitrogens with zero attached hydrogens (tertiary/aromatic N) is 13. The number of benzene rings is 20. The molecule has 0 N–H and O–H groups in total. The largest absolute Gasteiger partial charge is 0.309 e. The Balaban J connectivity index is 0.707. The summed E-state index contributed by atoms with van der Waals surface area (Å²) in [6.45, 7) is 0. The fourth-order valence-electron chi connectivity index (χ4n) is 22.2. The van der Waals surface area contributed by atoms with E-state index in [9.17, 15) is 21.0 Å². The highest BCUT2D eigenvalue weighted by Gasteiger charge is 2.31. The standard InChI is InChI=1S/C132H77N13/c133-78-88-39-13-17-43-97(88)111-68-92(117-76-115(82-31-5-1-6-32-82)137-131(139-117)84-35-9-3-10-36-84)69-112(98-44-18-14-40-89(98)79-134)129(111)144-124-63-58-86(67-107(124)108-73-94(59-64-125(108)144)141-119-52-26-21-47-101(119)102-48-22-27-53-120(102)141)87-57-62-106-105-51-25-30-56-123(105)143(128(106)72-87)96-61-66-127-110(75-96)109-74-95(142-121-54-28-23-49-103(121)104-50-24-29-55-122(104)142)60-65-126(109)145(127)130-113(99-45-19-15-41-90(99)80-135)70-93(71-114(130)100-46-20-16-42-91(100)81-136)118-77-116(83-33-7-2-8-34-83)138-132(140-118)85-37-11-4-12-38-85/h1-77H. The van der Waals surface area contributed by atoms with Crippen LogP contribution in [0, 0.1) is 45.3 Å². The lowest BCUT2D eigenvalue weighted by Crippen LogP contribution is -2.04. The number of nitriles is 4. The minimum Gasteiger partial charge on any atom is -0.309 e. The van der Waals surface area contributed by atoms with E-state index in [-0.39, 0.29) is 0 Å². The molecule has 7 heterocycles. The molecular weight excluding hydrogens is 1770 g/mol. The van der Waals surface area contributed by atoms with E-state index in [0.29, 0.717) is 67.5 Å². The molecule has 0 amide bonds. The minimum absolute atomic E-state index is 0.469. The molecule has 0 aliphatic rings. The van der Waals surface area contributed by atoms with E-state index >= 15 is 0 Å². The summed E-state index contributed by atoms with van der Waals surface area (Å²) < 4.78 is 11.9. The molecule has 27 rings (SSSR count). The number of hydrogen-bond donors (Lipinski definition) is 0. The summed E-state index contributed by atoms with van der Waals surface area (Å²) in [5.41, 5.74) is 31.7. The predicted molar refractivity (Wildman–Crippen MR) is 588 cm³/mol. The lowest BCUT2D eigenvalue weighted by atomic mass is 9.88. The first-order valence-corrected chi connectivity index (χ1v) is 48.3. The first-order valence-electron chi connectivity index (χ1n) is 48.3. The number of para-hydroxylation sites is 5. The molecule has 27 aromatic rings. The van der Waals surface area contributed by atoms with Crippen molar-refractivity contribution in [1.29, 1.82) is 21.0 Å². The highest BCUT2D eigenvalue weighted by atomic mass is 15.0. The molecule has 0 bridgehead atoms. The number of aromatic nitrogens is 9. The molecule has 7 aromatic heterocycles. The predicted octanol–water partition coefficient (Wildman–Crippen LogP) is 32.6. The Morgan fingerprint density at radius 1 is 0.152 bits per heavy atom. The van der Waals surface area contributed by atoms with Crippen molar-refractivity contribution in [1.82, 2.24) is 42.8 Å². The number of rotatable bonds is 16. The van der Waals surface area contributed by atoms with Crippen LogP contribution < -0.4 is 0 Å². The van der Waals surface area contributed by atoms with E-state index in [1.807, 2.05) is 206 Å². The molecule has 0 aliphatic carbocycles. The van der Waals surface area contributed by atoms with Gasteiger partial charge in [-0.2, -0.15) is 21.0 Å². The molecule has 13 nitrogen and oxygen atoms in total. The Morgan fingerprint density at radius 2 is 0.393 bits per heavy atom. The Kier molecular flexibility index (Phi) is 19.8. The molecule has 670 valence electrons. The fraction of sp³-hybridized carbons (Fsp3) is 0. The molecule has 0 unspecified atom stereocenters. The monoisotopic (exact) mass is 1840 g/mol.